The fraction of sp³-hybridized carbons (Fsp3) is 0.611. The molecular weight excluding hydrogens is 276 g/mol. The second-order valence-electron chi connectivity index (χ2n) is 6.80. The van der Waals surface area contributed by atoms with Gasteiger partial charge >= 0.3 is 0 Å². The van der Waals surface area contributed by atoms with Gasteiger partial charge in [-0.2, -0.15) is 0 Å². The van der Waals surface area contributed by atoms with E-state index < -0.39 is 0 Å². The van der Waals surface area contributed by atoms with Gasteiger partial charge < -0.3 is 15.8 Å². The number of benzene rings is 1. The van der Waals surface area contributed by atoms with Crippen LogP contribution in [0.2, 0.25) is 0 Å². The molecule has 1 fully saturated rings. The number of piperidine rings is 1. The van der Waals surface area contributed by atoms with Crippen molar-refractivity contribution in [3.63, 3.8) is 0 Å². The molecule has 1 amide bonds. The molecule has 0 spiro atoms. The summed E-state index contributed by atoms with van der Waals surface area (Å²) in [6.07, 6.45) is 4.56. The molecule has 3 rings (SSSR count). The summed E-state index contributed by atoms with van der Waals surface area (Å²) in [7, 11) is 1.72. The fourth-order valence-electron chi connectivity index (χ4n) is 4.53. The Balaban J connectivity index is 1.98. The van der Waals surface area contributed by atoms with Crippen LogP contribution in [0, 0.1) is 5.92 Å². The van der Waals surface area contributed by atoms with Crippen LogP contribution in [-0.2, 0) is 16.6 Å². The lowest BCUT2D eigenvalue weighted by Gasteiger charge is -2.52. The van der Waals surface area contributed by atoms with E-state index in [2.05, 4.69) is 30.4 Å². The molecule has 4 heteroatoms. The van der Waals surface area contributed by atoms with Crippen LogP contribution in [0.1, 0.15) is 43.7 Å². The number of nitrogens with two attached hydrogens (primary N) is 1. The maximum Gasteiger partial charge on any atom is 0.217 e. The predicted octanol–water partition coefficient (Wildman–Crippen LogP) is 2.14. The van der Waals surface area contributed by atoms with Crippen molar-refractivity contribution >= 4 is 5.91 Å². The van der Waals surface area contributed by atoms with Crippen molar-refractivity contribution in [1.82, 2.24) is 5.32 Å². The molecule has 22 heavy (non-hydrogen) atoms. The number of amides is 1. The van der Waals surface area contributed by atoms with Gasteiger partial charge in [0.05, 0.1) is 7.11 Å². The lowest BCUT2D eigenvalue weighted by atomic mass is 9.56. The highest BCUT2D eigenvalue weighted by molar-refractivity contribution is 5.73. The molecule has 1 unspecified atom stereocenters. The zero-order valence-corrected chi connectivity index (χ0v) is 13.5. The minimum Gasteiger partial charge on any atom is -0.497 e. The number of carbonyl (C=O) groups excluding carboxylic acids is 1. The SMILES string of the molecule is COc1ccc2c(c1)C1(CCCC(N)=O)CCN[C@H](C2)[C@@H]1C. The molecular formula is C18H26N2O2. The molecule has 1 heterocycles. The van der Waals surface area contributed by atoms with Gasteiger partial charge in [-0.3, -0.25) is 4.79 Å². The summed E-state index contributed by atoms with van der Waals surface area (Å²) >= 11 is 0. The summed E-state index contributed by atoms with van der Waals surface area (Å²) in [5, 5.41) is 3.67. The monoisotopic (exact) mass is 302 g/mol. The van der Waals surface area contributed by atoms with Crippen LogP contribution >= 0.6 is 0 Å². The van der Waals surface area contributed by atoms with Crippen LogP contribution in [0.4, 0.5) is 0 Å². The van der Waals surface area contributed by atoms with E-state index >= 15 is 0 Å². The van der Waals surface area contributed by atoms with Crippen LogP contribution in [-0.4, -0.2) is 25.6 Å². The van der Waals surface area contributed by atoms with Gasteiger partial charge in [-0.05, 0) is 61.4 Å². The Morgan fingerprint density at radius 2 is 2.32 bits per heavy atom. The molecule has 0 saturated carbocycles. The zero-order valence-electron chi connectivity index (χ0n) is 13.5. The first-order valence-corrected chi connectivity index (χ1v) is 8.26. The number of carbonyl (C=O) groups is 1. The Kier molecular flexibility index (Phi) is 4.13. The number of ether oxygens (including phenoxy) is 1. The number of hydrogen-bond acceptors (Lipinski definition) is 3. The van der Waals surface area contributed by atoms with Crippen LogP contribution in [0.5, 0.6) is 5.75 Å². The van der Waals surface area contributed by atoms with E-state index in [1.54, 1.807) is 7.11 Å². The molecule has 1 aliphatic heterocycles. The summed E-state index contributed by atoms with van der Waals surface area (Å²) < 4.78 is 5.45. The van der Waals surface area contributed by atoms with Gasteiger partial charge in [-0.15, -0.1) is 0 Å². The lowest BCUT2D eigenvalue weighted by molar-refractivity contribution is -0.118. The first-order valence-electron chi connectivity index (χ1n) is 8.26. The standard InChI is InChI=1S/C18H26N2O2/c1-12-16-10-13-5-6-14(22-2)11-15(13)18(12,8-9-20-16)7-3-4-17(19)21/h5-6,11-12,16,20H,3-4,7-10H2,1-2H3,(H2,19,21)/t12-,16+,18?/m0/s1. The number of hydrogen-bond donors (Lipinski definition) is 2. The Labute approximate surface area is 132 Å². The molecule has 3 N–H and O–H groups in total. The zero-order chi connectivity index (χ0) is 15.7. The lowest BCUT2D eigenvalue weighted by Crippen LogP contribution is -2.57. The molecule has 2 aliphatic rings. The van der Waals surface area contributed by atoms with Crippen LogP contribution in [0.3, 0.4) is 0 Å². The second kappa shape index (κ2) is 5.92. The molecule has 1 aromatic carbocycles. The minimum absolute atomic E-state index is 0.146. The third-order valence-electron chi connectivity index (χ3n) is 5.79. The number of primary amides is 1. The summed E-state index contributed by atoms with van der Waals surface area (Å²) in [6.45, 7) is 3.39. The second-order valence-corrected chi connectivity index (χ2v) is 6.80. The van der Waals surface area contributed by atoms with Gasteiger partial charge in [-0.1, -0.05) is 13.0 Å². The molecule has 3 atom stereocenters. The van der Waals surface area contributed by atoms with E-state index in [9.17, 15) is 4.79 Å². The quantitative estimate of drug-likeness (QED) is 0.876. The van der Waals surface area contributed by atoms with Gasteiger partial charge in [0, 0.05) is 17.9 Å². The van der Waals surface area contributed by atoms with E-state index in [0.717, 1.165) is 38.0 Å². The number of methoxy groups -OCH3 is 1. The molecule has 2 bridgehead atoms. The van der Waals surface area contributed by atoms with Crippen molar-refractivity contribution in [3.05, 3.63) is 29.3 Å². The van der Waals surface area contributed by atoms with E-state index in [4.69, 9.17) is 10.5 Å². The molecule has 1 aliphatic carbocycles. The highest BCUT2D eigenvalue weighted by Gasteiger charge is 2.48. The summed E-state index contributed by atoms with van der Waals surface area (Å²) in [6, 6.07) is 7.02. The predicted molar refractivity (Wildman–Crippen MR) is 87.0 cm³/mol. The maximum absolute atomic E-state index is 11.1. The van der Waals surface area contributed by atoms with Crippen LogP contribution in [0.15, 0.2) is 18.2 Å². The van der Waals surface area contributed by atoms with Gasteiger partial charge in [-0.25, -0.2) is 0 Å². The van der Waals surface area contributed by atoms with Crippen molar-refractivity contribution in [2.75, 3.05) is 13.7 Å². The largest absolute Gasteiger partial charge is 0.497 e. The summed E-state index contributed by atoms with van der Waals surface area (Å²) in [5.41, 5.74) is 8.34. The summed E-state index contributed by atoms with van der Waals surface area (Å²) in [4.78, 5) is 11.1. The number of nitrogens with one attached hydrogen (secondary N) is 1. The van der Waals surface area contributed by atoms with Crippen molar-refractivity contribution in [2.45, 2.75) is 50.5 Å². The smallest absolute Gasteiger partial charge is 0.217 e. The highest BCUT2D eigenvalue weighted by Crippen LogP contribution is 2.50. The van der Waals surface area contributed by atoms with Gasteiger partial charge in [0.2, 0.25) is 5.91 Å². The molecule has 1 aromatic rings. The summed E-state index contributed by atoms with van der Waals surface area (Å²) in [5.74, 6) is 1.29. The third-order valence-corrected chi connectivity index (χ3v) is 5.79. The van der Waals surface area contributed by atoms with Gasteiger partial charge in [0.25, 0.3) is 0 Å². The Morgan fingerprint density at radius 1 is 1.50 bits per heavy atom. The normalized spacial score (nSPS) is 29.7. The third kappa shape index (κ3) is 2.50. The molecule has 4 nitrogen and oxygen atoms in total. The Morgan fingerprint density at radius 3 is 3.05 bits per heavy atom. The number of fused-ring (bicyclic) bond motifs is 4. The average molecular weight is 302 g/mol. The van der Waals surface area contributed by atoms with Crippen LogP contribution < -0.4 is 15.8 Å². The van der Waals surface area contributed by atoms with Crippen molar-refractivity contribution in [1.29, 1.82) is 0 Å². The molecule has 120 valence electrons. The molecule has 0 radical (unpaired) electrons. The van der Waals surface area contributed by atoms with Crippen molar-refractivity contribution in [2.24, 2.45) is 11.7 Å². The van der Waals surface area contributed by atoms with Crippen molar-refractivity contribution in [3.8, 4) is 5.75 Å². The average Bonchev–Trinajstić information content (AvgIpc) is 2.49. The number of rotatable bonds is 5. The van der Waals surface area contributed by atoms with Crippen molar-refractivity contribution < 1.29 is 9.53 Å². The highest BCUT2D eigenvalue weighted by atomic mass is 16.5. The van der Waals surface area contributed by atoms with E-state index in [0.29, 0.717) is 18.4 Å². The maximum atomic E-state index is 11.1. The fourth-order valence-corrected chi connectivity index (χ4v) is 4.53. The topological polar surface area (TPSA) is 64.3 Å². The van der Waals surface area contributed by atoms with Crippen LogP contribution in [0.25, 0.3) is 0 Å². The first-order chi connectivity index (χ1) is 10.6. The first kappa shape index (κ1) is 15.3. The van der Waals surface area contributed by atoms with E-state index in [1.165, 1.54) is 11.1 Å². The van der Waals surface area contributed by atoms with Gasteiger partial charge in [0.1, 0.15) is 5.75 Å². The van der Waals surface area contributed by atoms with E-state index in [1.807, 2.05) is 0 Å². The minimum atomic E-state index is -0.198. The van der Waals surface area contributed by atoms with Gasteiger partial charge in [0.15, 0.2) is 0 Å². The molecule has 1 saturated heterocycles. The Bertz CT molecular complexity index is 572. The Hall–Kier alpha value is -1.55. The van der Waals surface area contributed by atoms with E-state index in [-0.39, 0.29) is 11.3 Å². The molecule has 0 aromatic heterocycles.